The number of β-amino-alcohol motifs (C(OH)–C–C–N with tert-alkyl or cyclic N) is 1. The molecule has 2 rings (SSSR count). The van der Waals surface area contributed by atoms with Gasteiger partial charge in [-0.15, -0.1) is 0 Å². The van der Waals surface area contributed by atoms with Crippen molar-refractivity contribution in [3.63, 3.8) is 0 Å². The van der Waals surface area contributed by atoms with Crippen LogP contribution in [-0.2, 0) is 4.74 Å². The highest BCUT2D eigenvalue weighted by Crippen LogP contribution is 2.25. The first-order chi connectivity index (χ1) is 9.31. The molecule has 1 unspecified atom stereocenters. The molecule has 0 radical (unpaired) electrons. The Morgan fingerprint density at radius 3 is 3.00 bits per heavy atom. The minimum atomic E-state index is -0.513. The van der Waals surface area contributed by atoms with E-state index in [0.29, 0.717) is 13.2 Å². The molecule has 0 amide bonds. The van der Waals surface area contributed by atoms with E-state index in [-0.39, 0.29) is 0 Å². The number of benzene rings is 1. The Morgan fingerprint density at radius 1 is 1.32 bits per heavy atom. The van der Waals surface area contributed by atoms with Crippen molar-refractivity contribution in [3.05, 3.63) is 29.8 Å². The van der Waals surface area contributed by atoms with Gasteiger partial charge in [-0.2, -0.15) is 0 Å². The number of hydrogen-bond acceptors (Lipinski definition) is 4. The van der Waals surface area contributed by atoms with E-state index in [9.17, 15) is 5.11 Å². The van der Waals surface area contributed by atoms with Gasteiger partial charge in [0.2, 0.25) is 0 Å². The molecule has 1 saturated heterocycles. The smallest absolute Gasteiger partial charge is 0.125 e. The molecule has 0 aromatic heterocycles. The lowest BCUT2D eigenvalue weighted by atomic mass is 10.1. The van der Waals surface area contributed by atoms with Crippen molar-refractivity contribution in [1.82, 2.24) is 4.90 Å². The van der Waals surface area contributed by atoms with Crippen LogP contribution in [0.15, 0.2) is 24.3 Å². The van der Waals surface area contributed by atoms with E-state index in [4.69, 9.17) is 9.47 Å². The number of para-hydroxylation sites is 1. The second-order valence-corrected chi connectivity index (χ2v) is 4.75. The lowest BCUT2D eigenvalue weighted by Gasteiger charge is -2.24. The van der Waals surface area contributed by atoms with Crippen molar-refractivity contribution in [3.8, 4) is 5.75 Å². The maximum Gasteiger partial charge on any atom is 0.125 e. The molecule has 0 saturated carbocycles. The fraction of sp³-hybridized carbons (Fsp3) is 0.600. The quantitative estimate of drug-likeness (QED) is 0.882. The van der Waals surface area contributed by atoms with E-state index in [1.165, 1.54) is 0 Å². The Hall–Kier alpha value is -1.10. The first-order valence-electron chi connectivity index (χ1n) is 7.01. The fourth-order valence-electron chi connectivity index (χ4n) is 2.37. The lowest BCUT2D eigenvalue weighted by Crippen LogP contribution is -2.31. The van der Waals surface area contributed by atoms with Crippen LogP contribution in [0, 0.1) is 0 Å². The van der Waals surface area contributed by atoms with Crippen molar-refractivity contribution in [2.75, 3.05) is 39.5 Å². The third-order valence-electron chi connectivity index (χ3n) is 3.32. The average molecular weight is 265 g/mol. The van der Waals surface area contributed by atoms with Gasteiger partial charge in [-0.05, 0) is 19.4 Å². The maximum absolute atomic E-state index is 10.4. The van der Waals surface area contributed by atoms with Crippen LogP contribution in [-0.4, -0.2) is 49.5 Å². The number of rotatable bonds is 5. The summed E-state index contributed by atoms with van der Waals surface area (Å²) in [5.41, 5.74) is 0.870. The van der Waals surface area contributed by atoms with E-state index in [0.717, 1.165) is 44.0 Å². The third kappa shape index (κ3) is 4.20. The second kappa shape index (κ2) is 7.48. The summed E-state index contributed by atoms with van der Waals surface area (Å²) in [7, 11) is 0. The summed E-state index contributed by atoms with van der Waals surface area (Å²) < 4.78 is 11.0. The van der Waals surface area contributed by atoms with Crippen LogP contribution in [0.1, 0.15) is 25.0 Å². The van der Waals surface area contributed by atoms with Gasteiger partial charge in [0.15, 0.2) is 0 Å². The van der Waals surface area contributed by atoms with Crippen LogP contribution in [0.5, 0.6) is 5.75 Å². The molecular formula is C15H23NO3. The zero-order valence-corrected chi connectivity index (χ0v) is 11.5. The third-order valence-corrected chi connectivity index (χ3v) is 3.32. The Bertz CT molecular complexity index is 375. The molecule has 0 spiro atoms. The van der Waals surface area contributed by atoms with E-state index in [1.54, 1.807) is 0 Å². The molecule has 1 atom stereocenters. The Morgan fingerprint density at radius 2 is 2.16 bits per heavy atom. The molecule has 4 nitrogen and oxygen atoms in total. The van der Waals surface area contributed by atoms with Crippen molar-refractivity contribution >= 4 is 0 Å². The Labute approximate surface area is 114 Å². The summed E-state index contributed by atoms with van der Waals surface area (Å²) in [5, 5.41) is 10.4. The summed E-state index contributed by atoms with van der Waals surface area (Å²) >= 11 is 0. The van der Waals surface area contributed by atoms with Crippen molar-refractivity contribution in [1.29, 1.82) is 0 Å². The van der Waals surface area contributed by atoms with E-state index in [2.05, 4.69) is 4.90 Å². The molecule has 106 valence electrons. The SMILES string of the molecule is CCOc1ccccc1C(O)CN1CCCOCC1. The van der Waals surface area contributed by atoms with Gasteiger partial charge in [0.05, 0.1) is 19.3 Å². The molecule has 0 bridgehead atoms. The van der Waals surface area contributed by atoms with E-state index in [1.807, 2.05) is 31.2 Å². The first-order valence-corrected chi connectivity index (χ1v) is 7.01. The highest BCUT2D eigenvalue weighted by atomic mass is 16.5. The number of nitrogens with zero attached hydrogens (tertiary/aromatic N) is 1. The number of aliphatic hydroxyl groups is 1. The monoisotopic (exact) mass is 265 g/mol. The summed E-state index contributed by atoms with van der Waals surface area (Å²) in [6, 6.07) is 7.71. The Balaban J connectivity index is 2.00. The fourth-order valence-corrected chi connectivity index (χ4v) is 2.37. The Kier molecular flexibility index (Phi) is 5.63. The summed E-state index contributed by atoms with van der Waals surface area (Å²) in [4.78, 5) is 2.25. The number of ether oxygens (including phenoxy) is 2. The maximum atomic E-state index is 10.4. The molecule has 1 fully saturated rings. The van der Waals surface area contributed by atoms with Crippen LogP contribution >= 0.6 is 0 Å². The summed E-state index contributed by atoms with van der Waals surface area (Å²) in [6.07, 6.45) is 0.515. The van der Waals surface area contributed by atoms with Crippen LogP contribution in [0.25, 0.3) is 0 Å². The van der Waals surface area contributed by atoms with Crippen LogP contribution in [0.4, 0.5) is 0 Å². The normalized spacial score (nSPS) is 18.8. The van der Waals surface area contributed by atoms with Gasteiger partial charge in [0, 0.05) is 31.8 Å². The molecular weight excluding hydrogens is 242 g/mol. The van der Waals surface area contributed by atoms with Gasteiger partial charge < -0.3 is 14.6 Å². The van der Waals surface area contributed by atoms with Gasteiger partial charge in [-0.3, -0.25) is 4.90 Å². The zero-order valence-electron chi connectivity index (χ0n) is 11.5. The number of aliphatic hydroxyl groups excluding tert-OH is 1. The predicted octanol–water partition coefficient (Wildman–Crippen LogP) is 1.84. The van der Waals surface area contributed by atoms with E-state index >= 15 is 0 Å². The van der Waals surface area contributed by atoms with Gasteiger partial charge >= 0.3 is 0 Å². The second-order valence-electron chi connectivity index (χ2n) is 4.75. The topological polar surface area (TPSA) is 41.9 Å². The average Bonchev–Trinajstić information content (AvgIpc) is 2.68. The van der Waals surface area contributed by atoms with Crippen molar-refractivity contribution < 1.29 is 14.6 Å². The highest BCUT2D eigenvalue weighted by Gasteiger charge is 2.18. The molecule has 4 heteroatoms. The zero-order chi connectivity index (χ0) is 13.5. The van der Waals surface area contributed by atoms with Crippen molar-refractivity contribution in [2.24, 2.45) is 0 Å². The molecule has 1 aliphatic rings. The summed E-state index contributed by atoms with van der Waals surface area (Å²) in [6.45, 7) is 6.63. The largest absolute Gasteiger partial charge is 0.493 e. The van der Waals surface area contributed by atoms with Gasteiger partial charge in [-0.1, -0.05) is 18.2 Å². The molecule has 1 aromatic carbocycles. The van der Waals surface area contributed by atoms with Crippen LogP contribution in [0.2, 0.25) is 0 Å². The molecule has 0 aliphatic carbocycles. The summed E-state index contributed by atoms with van der Waals surface area (Å²) in [5.74, 6) is 0.781. The standard InChI is InChI=1S/C15H23NO3/c1-2-19-15-7-4-3-6-13(15)14(17)12-16-8-5-10-18-11-9-16/h3-4,6-7,14,17H,2,5,8-12H2,1H3. The van der Waals surface area contributed by atoms with Crippen LogP contribution < -0.4 is 4.74 Å². The van der Waals surface area contributed by atoms with E-state index < -0.39 is 6.10 Å². The van der Waals surface area contributed by atoms with Gasteiger partial charge in [0.25, 0.3) is 0 Å². The molecule has 1 heterocycles. The van der Waals surface area contributed by atoms with Gasteiger partial charge in [-0.25, -0.2) is 0 Å². The van der Waals surface area contributed by atoms with Gasteiger partial charge in [0.1, 0.15) is 5.75 Å². The van der Waals surface area contributed by atoms with Crippen molar-refractivity contribution in [2.45, 2.75) is 19.4 Å². The molecule has 1 N–H and O–H groups in total. The van der Waals surface area contributed by atoms with Crippen LogP contribution in [0.3, 0.4) is 0 Å². The minimum Gasteiger partial charge on any atom is -0.493 e. The lowest BCUT2D eigenvalue weighted by molar-refractivity contribution is 0.101. The minimum absolute atomic E-state index is 0.513. The molecule has 1 aromatic rings. The molecule has 19 heavy (non-hydrogen) atoms. The predicted molar refractivity (Wildman–Crippen MR) is 74.4 cm³/mol. The number of hydrogen-bond donors (Lipinski definition) is 1. The molecule has 1 aliphatic heterocycles. The first kappa shape index (κ1) is 14.3. The highest BCUT2D eigenvalue weighted by molar-refractivity contribution is 5.35.